The molecule has 1 amide bonds. The van der Waals surface area contributed by atoms with E-state index in [0.29, 0.717) is 5.56 Å². The lowest BCUT2D eigenvalue weighted by molar-refractivity contribution is -0.121. The van der Waals surface area contributed by atoms with E-state index in [1.54, 1.807) is 25.1 Å². The average Bonchev–Trinajstić information content (AvgIpc) is 2.68. The molecule has 0 aliphatic carbocycles. The molecule has 0 aromatic heterocycles. The summed E-state index contributed by atoms with van der Waals surface area (Å²) in [5, 5.41) is 12.2. The number of benzene rings is 2. The predicted molar refractivity (Wildman–Crippen MR) is 111 cm³/mol. The number of carbonyl (C=O) groups is 2. The van der Waals surface area contributed by atoms with Crippen LogP contribution in [0, 0.1) is 6.92 Å². The molecule has 0 spiro atoms. The highest BCUT2D eigenvalue weighted by atomic mass is 16.4. The van der Waals surface area contributed by atoms with Crippen LogP contribution in [0.4, 0.5) is 5.69 Å². The summed E-state index contributed by atoms with van der Waals surface area (Å²) in [4.78, 5) is 26.1. The molecular formula is C23H28N2O3. The number of piperidine rings is 1. The van der Waals surface area contributed by atoms with E-state index in [-0.39, 0.29) is 23.9 Å². The van der Waals surface area contributed by atoms with Crippen LogP contribution in [0.5, 0.6) is 0 Å². The summed E-state index contributed by atoms with van der Waals surface area (Å²) in [6.45, 7) is 5.89. The molecule has 2 N–H and O–H groups in total. The van der Waals surface area contributed by atoms with Crippen LogP contribution in [0.2, 0.25) is 0 Å². The zero-order chi connectivity index (χ0) is 20.1. The summed E-state index contributed by atoms with van der Waals surface area (Å²) in [6, 6.07) is 13.2. The number of aryl methyl sites for hydroxylation is 1. The number of anilines is 1. The third-order valence-electron chi connectivity index (χ3n) is 5.36. The van der Waals surface area contributed by atoms with Gasteiger partial charge in [-0.3, -0.25) is 4.79 Å². The minimum atomic E-state index is -0.948. The van der Waals surface area contributed by atoms with E-state index >= 15 is 0 Å². The van der Waals surface area contributed by atoms with Crippen molar-refractivity contribution in [2.24, 2.45) is 0 Å². The van der Waals surface area contributed by atoms with E-state index in [2.05, 4.69) is 28.4 Å². The van der Waals surface area contributed by atoms with Gasteiger partial charge in [-0.2, -0.15) is 0 Å². The number of hydrogen-bond donors (Lipinski definition) is 2. The summed E-state index contributed by atoms with van der Waals surface area (Å²) in [7, 11) is 0. The van der Waals surface area contributed by atoms with Gasteiger partial charge in [-0.15, -0.1) is 0 Å². The fraction of sp³-hybridized carbons (Fsp3) is 0.391. The normalized spacial score (nSPS) is 15.1. The Balaban J connectivity index is 1.68. The quantitative estimate of drug-likeness (QED) is 0.791. The van der Waals surface area contributed by atoms with Gasteiger partial charge in [0, 0.05) is 18.8 Å². The minimum absolute atomic E-state index is 0.0663. The second-order valence-electron chi connectivity index (χ2n) is 7.53. The zero-order valence-corrected chi connectivity index (χ0v) is 16.6. The molecule has 148 valence electrons. The zero-order valence-electron chi connectivity index (χ0n) is 16.6. The number of rotatable bonds is 6. The van der Waals surface area contributed by atoms with E-state index in [4.69, 9.17) is 5.11 Å². The number of carboxylic acid groups (broad SMARTS) is 1. The molecule has 1 aliphatic heterocycles. The Morgan fingerprint density at radius 3 is 2.50 bits per heavy atom. The largest absolute Gasteiger partial charge is 0.478 e. The highest BCUT2D eigenvalue weighted by Crippen LogP contribution is 2.28. The molecule has 1 heterocycles. The van der Waals surface area contributed by atoms with Crippen molar-refractivity contribution in [3.05, 3.63) is 64.7 Å². The number of nitrogens with zero attached hydrogens (tertiary/aromatic N) is 1. The van der Waals surface area contributed by atoms with Crippen molar-refractivity contribution in [3.8, 4) is 0 Å². The summed E-state index contributed by atoms with van der Waals surface area (Å²) in [5.74, 6) is -1.01. The highest BCUT2D eigenvalue weighted by Gasteiger charge is 2.19. The fourth-order valence-electron chi connectivity index (χ4n) is 3.91. The van der Waals surface area contributed by atoms with Gasteiger partial charge in [0.05, 0.1) is 18.0 Å². The van der Waals surface area contributed by atoms with Crippen LogP contribution in [0.3, 0.4) is 0 Å². The molecular weight excluding hydrogens is 352 g/mol. The molecule has 5 nitrogen and oxygen atoms in total. The maximum absolute atomic E-state index is 12.6. The summed E-state index contributed by atoms with van der Waals surface area (Å²) in [5.41, 5.74) is 4.10. The molecule has 28 heavy (non-hydrogen) atoms. The van der Waals surface area contributed by atoms with E-state index < -0.39 is 5.97 Å². The van der Waals surface area contributed by atoms with E-state index in [1.807, 2.05) is 13.0 Å². The van der Waals surface area contributed by atoms with Crippen molar-refractivity contribution in [1.29, 1.82) is 0 Å². The Bertz CT molecular complexity index is 857. The van der Waals surface area contributed by atoms with Gasteiger partial charge in [-0.1, -0.05) is 30.3 Å². The van der Waals surface area contributed by atoms with Gasteiger partial charge in [0.2, 0.25) is 5.91 Å². The molecule has 0 radical (unpaired) electrons. The van der Waals surface area contributed by atoms with Crippen molar-refractivity contribution in [2.45, 2.75) is 45.6 Å². The van der Waals surface area contributed by atoms with E-state index in [0.717, 1.165) is 24.2 Å². The second-order valence-corrected chi connectivity index (χ2v) is 7.53. The molecule has 1 unspecified atom stereocenters. The average molecular weight is 380 g/mol. The highest BCUT2D eigenvalue weighted by molar-refractivity contribution is 5.89. The van der Waals surface area contributed by atoms with Crippen LogP contribution < -0.4 is 10.2 Å². The number of carboxylic acids is 1. The minimum Gasteiger partial charge on any atom is -0.478 e. The van der Waals surface area contributed by atoms with Crippen LogP contribution >= 0.6 is 0 Å². The molecule has 1 atom stereocenters. The van der Waals surface area contributed by atoms with E-state index in [9.17, 15) is 9.59 Å². The number of amides is 1. The Morgan fingerprint density at radius 2 is 1.82 bits per heavy atom. The number of para-hydroxylation sites is 1. The van der Waals surface area contributed by atoms with Gasteiger partial charge < -0.3 is 15.3 Å². The van der Waals surface area contributed by atoms with Crippen molar-refractivity contribution >= 4 is 17.6 Å². The van der Waals surface area contributed by atoms with Crippen molar-refractivity contribution in [2.75, 3.05) is 18.0 Å². The molecule has 1 saturated heterocycles. The lowest BCUT2D eigenvalue weighted by atomic mass is 10.0. The van der Waals surface area contributed by atoms with Crippen molar-refractivity contribution in [3.63, 3.8) is 0 Å². The number of carbonyl (C=O) groups excluding carboxylic acids is 1. The van der Waals surface area contributed by atoms with Gasteiger partial charge >= 0.3 is 5.97 Å². The van der Waals surface area contributed by atoms with Crippen molar-refractivity contribution < 1.29 is 14.7 Å². The third kappa shape index (κ3) is 4.71. The number of hydrogen-bond acceptors (Lipinski definition) is 3. The first-order chi connectivity index (χ1) is 13.5. The lowest BCUT2D eigenvalue weighted by Crippen LogP contribution is -2.33. The monoisotopic (exact) mass is 380 g/mol. The molecule has 3 rings (SSSR count). The maximum Gasteiger partial charge on any atom is 0.335 e. The van der Waals surface area contributed by atoms with Crippen LogP contribution in [0.15, 0.2) is 42.5 Å². The molecule has 2 aromatic carbocycles. The van der Waals surface area contributed by atoms with Crippen LogP contribution in [-0.2, 0) is 11.2 Å². The van der Waals surface area contributed by atoms with E-state index in [1.165, 1.54) is 24.9 Å². The Kier molecular flexibility index (Phi) is 6.34. The molecule has 1 fully saturated rings. The van der Waals surface area contributed by atoms with Crippen LogP contribution in [-0.4, -0.2) is 30.1 Å². The lowest BCUT2D eigenvalue weighted by Gasteiger charge is -2.32. The number of aromatic carboxylic acids is 1. The summed E-state index contributed by atoms with van der Waals surface area (Å²) >= 11 is 0. The standard InChI is InChI=1S/C23H28N2O3/c1-16-14-18(10-11-19(16)23(27)28)15-22(26)24-17(2)20-8-4-5-9-21(20)25-12-6-3-7-13-25/h4-5,8-11,14,17H,3,6-7,12-13,15H2,1-2H3,(H,24,26)(H,27,28). The Labute approximate surface area is 166 Å². The molecule has 5 heteroatoms. The van der Waals surface area contributed by atoms with Gasteiger partial charge in [0.1, 0.15) is 0 Å². The molecule has 1 aliphatic rings. The van der Waals surface area contributed by atoms with Crippen LogP contribution in [0.1, 0.15) is 59.3 Å². The van der Waals surface area contributed by atoms with Gasteiger partial charge in [0.25, 0.3) is 0 Å². The predicted octanol–water partition coefficient (Wildman–Crippen LogP) is 4.10. The third-order valence-corrected chi connectivity index (χ3v) is 5.36. The summed E-state index contributed by atoms with van der Waals surface area (Å²) in [6.07, 6.45) is 3.93. The maximum atomic E-state index is 12.6. The topological polar surface area (TPSA) is 69.6 Å². The Morgan fingerprint density at radius 1 is 1.11 bits per heavy atom. The first-order valence-corrected chi connectivity index (χ1v) is 9.92. The first-order valence-electron chi connectivity index (χ1n) is 9.92. The van der Waals surface area contributed by atoms with Gasteiger partial charge in [-0.25, -0.2) is 4.79 Å². The van der Waals surface area contributed by atoms with Crippen molar-refractivity contribution in [1.82, 2.24) is 5.32 Å². The SMILES string of the molecule is Cc1cc(CC(=O)NC(C)c2ccccc2N2CCCCC2)ccc1C(=O)O. The number of nitrogens with one attached hydrogen (secondary N) is 1. The first kappa shape index (κ1) is 19.9. The fourth-order valence-corrected chi connectivity index (χ4v) is 3.91. The Hall–Kier alpha value is -2.82. The molecule has 0 saturated carbocycles. The smallest absolute Gasteiger partial charge is 0.335 e. The molecule has 2 aromatic rings. The van der Waals surface area contributed by atoms with Crippen LogP contribution in [0.25, 0.3) is 0 Å². The summed E-state index contributed by atoms with van der Waals surface area (Å²) < 4.78 is 0. The molecule has 0 bridgehead atoms. The second kappa shape index (κ2) is 8.91. The van der Waals surface area contributed by atoms with Gasteiger partial charge in [-0.05, 0) is 61.9 Å². The van der Waals surface area contributed by atoms with Gasteiger partial charge in [0.15, 0.2) is 0 Å².